The molecule has 6 atom stereocenters. The number of Topliss-reactive ketones (excluding diaryl/α,β-unsaturated/α-hetero) is 3. The molecule has 18 heteroatoms. The maximum Gasteiger partial charge on any atom is 0.339 e. The third-order valence-electron chi connectivity index (χ3n) is 15.5. The first kappa shape index (κ1) is 68.9. The van der Waals surface area contributed by atoms with Crippen LogP contribution >= 0.6 is 0 Å². The van der Waals surface area contributed by atoms with E-state index in [-0.39, 0.29) is 53.8 Å². The van der Waals surface area contributed by atoms with Crippen LogP contribution in [0.3, 0.4) is 0 Å². The van der Waals surface area contributed by atoms with Gasteiger partial charge >= 0.3 is 17.9 Å². The lowest BCUT2D eigenvalue weighted by Gasteiger charge is -2.60. The van der Waals surface area contributed by atoms with E-state index >= 15 is 28.8 Å². The van der Waals surface area contributed by atoms with E-state index in [0.717, 1.165) is 38.5 Å². The van der Waals surface area contributed by atoms with Gasteiger partial charge in [-0.05, 0) is 184 Å². The summed E-state index contributed by atoms with van der Waals surface area (Å²) in [5.41, 5.74) is -14.8. The van der Waals surface area contributed by atoms with Crippen molar-refractivity contribution in [2.45, 2.75) is 154 Å². The van der Waals surface area contributed by atoms with Crippen molar-refractivity contribution in [3.63, 3.8) is 0 Å². The number of aliphatic hydroxyl groups excluding tert-OH is 3. The Labute approximate surface area is 526 Å². The molecule has 0 radical (unpaired) electrons. The Morgan fingerprint density at radius 1 is 0.300 bits per heavy atom. The average molecular weight is 1240 g/mol. The van der Waals surface area contributed by atoms with E-state index in [1.807, 2.05) is 41.5 Å². The number of unbranched alkanes of at least 4 members (excludes halogenated alkanes) is 6. The summed E-state index contributed by atoms with van der Waals surface area (Å²) < 4.78 is 55.5. The number of aliphatic hydroxyl groups is 3. The van der Waals surface area contributed by atoms with E-state index in [2.05, 4.69) is 0 Å². The topological polar surface area (TPSA) is 246 Å². The molecule has 0 aliphatic heterocycles. The molecule has 18 nitrogen and oxygen atoms in total. The first-order chi connectivity index (χ1) is 43.6. The van der Waals surface area contributed by atoms with Crippen LogP contribution in [-0.4, -0.2) is 125 Å². The lowest BCUT2D eigenvalue weighted by Crippen LogP contribution is -2.91. The number of ether oxygens (including phenoxy) is 9. The number of ketones is 3. The molecule has 1 aliphatic rings. The van der Waals surface area contributed by atoms with E-state index in [4.69, 9.17) is 42.6 Å². The Balaban J connectivity index is 1.65. The highest BCUT2D eigenvalue weighted by molar-refractivity contribution is 6.21. The molecule has 0 spiro atoms. The predicted molar refractivity (Wildman–Crippen MR) is 337 cm³/mol. The number of carbonyl (C=O) groups excluding carboxylic acids is 6. The smallest absolute Gasteiger partial charge is 0.339 e. The van der Waals surface area contributed by atoms with Gasteiger partial charge in [0.2, 0.25) is 17.3 Å². The van der Waals surface area contributed by atoms with E-state index < -0.39 is 87.1 Å². The summed E-state index contributed by atoms with van der Waals surface area (Å²) in [6.07, 6.45) is -0.206. The Kier molecular flexibility index (Phi) is 25.5. The largest absolute Gasteiger partial charge is 0.494 e. The van der Waals surface area contributed by atoms with Crippen molar-refractivity contribution in [2.75, 3.05) is 39.6 Å². The Morgan fingerprint density at radius 3 is 0.722 bits per heavy atom. The van der Waals surface area contributed by atoms with Gasteiger partial charge in [-0.25, -0.2) is 14.4 Å². The highest BCUT2D eigenvalue weighted by Crippen LogP contribution is 2.56. The normalized spacial score (nSPS) is 19.4. The zero-order valence-electron chi connectivity index (χ0n) is 52.3. The molecule has 0 bridgehead atoms. The molecule has 0 saturated heterocycles. The number of hydrogen-bond donors (Lipinski definition) is 3. The van der Waals surface area contributed by atoms with Gasteiger partial charge in [-0.1, -0.05) is 80.1 Å². The molecule has 90 heavy (non-hydrogen) atoms. The van der Waals surface area contributed by atoms with Crippen molar-refractivity contribution in [3.8, 4) is 34.5 Å². The molecule has 0 aromatic heterocycles. The molecular formula is C72H84O18. The fraction of sp³-hybridized carbons (Fsp3) is 0.417. The zero-order chi connectivity index (χ0) is 64.7. The fourth-order valence-electron chi connectivity index (χ4n) is 10.2. The van der Waals surface area contributed by atoms with Gasteiger partial charge in [0.25, 0.3) is 16.8 Å². The first-order valence-electron chi connectivity index (χ1n) is 31.3. The van der Waals surface area contributed by atoms with Crippen molar-refractivity contribution in [3.05, 3.63) is 179 Å². The van der Waals surface area contributed by atoms with Crippen molar-refractivity contribution in [1.82, 2.24) is 0 Å². The first-order valence-corrected chi connectivity index (χ1v) is 31.3. The van der Waals surface area contributed by atoms with Gasteiger partial charge in [-0.2, -0.15) is 0 Å². The molecule has 7 rings (SSSR count). The van der Waals surface area contributed by atoms with Crippen LogP contribution in [0.5, 0.6) is 34.5 Å². The molecule has 6 aromatic carbocycles. The maximum atomic E-state index is 17.3. The highest BCUT2D eigenvalue weighted by atomic mass is 16.7. The number of esters is 3. The Morgan fingerprint density at radius 2 is 0.500 bits per heavy atom. The van der Waals surface area contributed by atoms with Crippen molar-refractivity contribution >= 4 is 35.3 Å². The molecule has 0 unspecified atom stereocenters. The van der Waals surface area contributed by atoms with Gasteiger partial charge in [0, 0.05) is 16.7 Å². The van der Waals surface area contributed by atoms with Gasteiger partial charge < -0.3 is 58.0 Å². The lowest BCUT2D eigenvalue weighted by atomic mass is 9.52. The van der Waals surface area contributed by atoms with Crippen LogP contribution in [-0.2, 0) is 14.2 Å². The van der Waals surface area contributed by atoms with Crippen LogP contribution in [0.1, 0.15) is 181 Å². The second-order valence-electron chi connectivity index (χ2n) is 22.0. The maximum absolute atomic E-state index is 17.3. The second kappa shape index (κ2) is 33.3. The quantitative estimate of drug-likeness (QED) is 0.0143. The summed E-state index contributed by atoms with van der Waals surface area (Å²) in [4.78, 5) is 98.4. The minimum Gasteiger partial charge on any atom is -0.494 e. The van der Waals surface area contributed by atoms with E-state index in [1.165, 1.54) is 146 Å². The zero-order valence-corrected chi connectivity index (χ0v) is 52.3. The molecule has 1 fully saturated rings. The van der Waals surface area contributed by atoms with Gasteiger partial charge in [-0.15, -0.1) is 0 Å². The SMILES string of the molecule is CCCCOc1ccc(C(=O)O[C@@]2(C(=O)c3ccc(OCCCC)cc3)[C@@](OC(=O)c3ccc(OCCCC)cc3)(C(=O)c3ccc(OCCCC)cc3)[C@@H](O)[C@H](O)[C@@H](O)[C@@]2(OC(=O)c2ccc(OCCCC)cc2)C(=O)c2ccc(OCCCC)cc2)cc1. The molecule has 0 amide bonds. The summed E-state index contributed by atoms with van der Waals surface area (Å²) in [7, 11) is 0. The molecule has 1 saturated carbocycles. The minimum atomic E-state index is -4.19. The molecule has 0 heterocycles. The fourth-order valence-corrected chi connectivity index (χ4v) is 10.2. The van der Waals surface area contributed by atoms with Gasteiger partial charge in [0.15, 0.2) is 0 Å². The summed E-state index contributed by atoms with van der Waals surface area (Å²) in [5, 5.41) is 39.8. The third kappa shape index (κ3) is 15.7. The van der Waals surface area contributed by atoms with Gasteiger partial charge in [0.1, 0.15) is 52.8 Å². The van der Waals surface area contributed by atoms with E-state index in [1.54, 1.807) is 0 Å². The molecule has 1 aliphatic carbocycles. The standard InChI is InChI=1S/C72H84O18/c1-7-13-43-82-55-31-19-49(20-32-55)62(74)70(88-67(79)52-25-37-58(38-26-52)85-46-16-10-4)65(77)61(73)66(78)71(63(75)50-21-33-56(34-22-50)83-44-14-8-2,89-68(80)53-27-39-59(40-28-53)86-47-17-11-5)72(70,64(76)51-23-35-57(36-24-51)84-45-15-9-3)90-69(81)54-29-41-60(42-30-54)87-48-18-12-6/h19-42,61,65-66,73,77-78H,7-18,43-48H2,1-6H3/t61-,65-,66+,70+,71-,72-. The van der Waals surface area contributed by atoms with Crippen LogP contribution in [0.4, 0.5) is 0 Å². The second-order valence-corrected chi connectivity index (χ2v) is 22.0. The molecule has 6 aromatic rings. The molecule has 480 valence electrons. The monoisotopic (exact) mass is 1240 g/mol. The van der Waals surface area contributed by atoms with Crippen LogP contribution in [0.25, 0.3) is 0 Å². The van der Waals surface area contributed by atoms with Crippen LogP contribution in [0.2, 0.25) is 0 Å². The van der Waals surface area contributed by atoms with Crippen LogP contribution < -0.4 is 28.4 Å². The predicted octanol–water partition coefficient (Wildman–Crippen LogP) is 12.6. The minimum absolute atomic E-state index is 0.237. The number of hydrogen-bond acceptors (Lipinski definition) is 18. The summed E-state index contributed by atoms with van der Waals surface area (Å²) in [6, 6.07) is 31.6. The Hall–Kier alpha value is -8.58. The average Bonchev–Trinajstić information content (AvgIpc) is 0.673. The van der Waals surface area contributed by atoms with E-state index in [0.29, 0.717) is 75.6 Å². The number of rotatable bonds is 36. The van der Waals surface area contributed by atoms with Crippen LogP contribution in [0, 0.1) is 0 Å². The number of carbonyl (C=O) groups is 6. The van der Waals surface area contributed by atoms with Gasteiger partial charge in [-0.3, -0.25) is 14.4 Å². The summed E-state index contributed by atoms with van der Waals surface area (Å²) in [6.45, 7) is 13.6. The summed E-state index contributed by atoms with van der Waals surface area (Å²) >= 11 is 0. The van der Waals surface area contributed by atoms with Crippen molar-refractivity contribution in [2.24, 2.45) is 0 Å². The van der Waals surface area contributed by atoms with Crippen molar-refractivity contribution in [1.29, 1.82) is 0 Å². The van der Waals surface area contributed by atoms with Gasteiger partial charge in [0.05, 0.1) is 56.3 Å². The van der Waals surface area contributed by atoms with E-state index in [9.17, 15) is 15.3 Å². The number of benzene rings is 6. The Bertz CT molecular complexity index is 3120. The lowest BCUT2D eigenvalue weighted by molar-refractivity contribution is -0.293. The highest BCUT2D eigenvalue weighted by Gasteiger charge is 2.88. The molecular weight excluding hydrogens is 1150 g/mol. The van der Waals surface area contributed by atoms with Crippen LogP contribution in [0.15, 0.2) is 146 Å². The summed E-state index contributed by atoms with van der Waals surface area (Å²) in [5.74, 6) is -7.69. The van der Waals surface area contributed by atoms with Crippen molar-refractivity contribution < 1.29 is 86.7 Å². The molecule has 3 N–H and O–H groups in total. The third-order valence-corrected chi connectivity index (χ3v) is 15.5.